The number of carbonyl (C=O) groups is 1. The Morgan fingerprint density at radius 3 is 2.46 bits per heavy atom. The highest BCUT2D eigenvalue weighted by Gasteiger charge is 2.70. The summed E-state index contributed by atoms with van der Waals surface area (Å²) in [6, 6.07) is 2.12. The number of aliphatic carboxylic acids is 1. The van der Waals surface area contributed by atoms with Gasteiger partial charge in [0.15, 0.2) is 0 Å². The Balaban J connectivity index is 1.47. The van der Waals surface area contributed by atoms with Gasteiger partial charge in [0.05, 0.1) is 23.6 Å². The van der Waals surface area contributed by atoms with E-state index in [1.165, 1.54) is 16.7 Å². The van der Waals surface area contributed by atoms with Crippen LogP contribution < -0.4 is 5.73 Å². The van der Waals surface area contributed by atoms with E-state index >= 15 is 0 Å². The van der Waals surface area contributed by atoms with Crippen molar-refractivity contribution >= 4 is 17.4 Å². The number of nitrogens with two attached hydrogens (primary N) is 1. The highest BCUT2D eigenvalue weighted by Crippen LogP contribution is 2.77. The number of nitrogens with one attached hydrogen (secondary N) is 1. The first-order chi connectivity index (χ1) is 19.1. The van der Waals surface area contributed by atoms with Gasteiger partial charge in [0.25, 0.3) is 0 Å². The number of carboxylic acid groups (broad SMARTS) is 1. The SMILES string of the molecule is CC1(C)CCC2(C(=O)O)CCC3(C)C(=C(c4ccoc4)CC4C5(C)Cc6c(n[nH]c6N)C(C)(C)C5CCC43C)C2C1. The molecule has 222 valence electrons. The molecule has 0 spiro atoms. The molecule has 0 radical (unpaired) electrons. The summed E-state index contributed by atoms with van der Waals surface area (Å²) >= 11 is 0. The number of anilines is 1. The van der Waals surface area contributed by atoms with E-state index < -0.39 is 11.4 Å². The summed E-state index contributed by atoms with van der Waals surface area (Å²) in [6.45, 7) is 17.1. The molecule has 3 fully saturated rings. The van der Waals surface area contributed by atoms with E-state index in [1.807, 2.05) is 6.26 Å². The third-order valence-corrected chi connectivity index (χ3v) is 14.2. The molecule has 2 heterocycles. The molecule has 0 saturated heterocycles. The van der Waals surface area contributed by atoms with Crippen LogP contribution in [0, 0.1) is 44.8 Å². The fourth-order valence-electron chi connectivity index (χ4n) is 11.9. The van der Waals surface area contributed by atoms with Crippen LogP contribution in [-0.2, 0) is 16.6 Å². The highest BCUT2D eigenvalue weighted by molar-refractivity contribution is 5.80. The number of carboxylic acids is 1. The maximum Gasteiger partial charge on any atom is 0.310 e. The average molecular weight is 560 g/mol. The predicted octanol–water partition coefficient (Wildman–Crippen LogP) is 8.01. The summed E-state index contributed by atoms with van der Waals surface area (Å²) < 4.78 is 5.73. The standard InChI is InChI=1S/C35H49N3O3/c1-30(2)11-13-35(29(39)40)14-12-34(7)26(23(35)18-30)21(20-9-15-41-19-20)16-25-32(5)17-22-27(37-38-28(22)36)31(3,4)24(32)8-10-33(25,34)6/h9,15,19,23-25H,8,10-14,16-18H2,1-7H3,(H,39,40)(H3,36,37,38). The summed E-state index contributed by atoms with van der Waals surface area (Å²) in [5.74, 6) is 1.12. The number of hydrogen-bond acceptors (Lipinski definition) is 4. The Morgan fingerprint density at radius 2 is 1.78 bits per heavy atom. The molecule has 7 atom stereocenters. The minimum atomic E-state index is -0.670. The number of aromatic nitrogens is 2. The molecule has 5 aliphatic carbocycles. The van der Waals surface area contributed by atoms with Crippen LogP contribution in [0.3, 0.4) is 0 Å². The number of nitrogens with zero attached hydrogens (tertiary/aromatic N) is 1. The Kier molecular flexibility index (Phi) is 5.41. The lowest BCUT2D eigenvalue weighted by atomic mass is 9.33. The number of allylic oxidation sites excluding steroid dienone is 2. The maximum atomic E-state index is 13.2. The fraction of sp³-hybridized carbons (Fsp3) is 0.714. The van der Waals surface area contributed by atoms with Crippen molar-refractivity contribution in [2.24, 2.45) is 44.8 Å². The number of nitrogen functional groups attached to an aromatic ring is 1. The zero-order chi connectivity index (χ0) is 29.4. The lowest BCUT2D eigenvalue weighted by Gasteiger charge is -2.71. The van der Waals surface area contributed by atoms with Crippen LogP contribution >= 0.6 is 0 Å². The number of H-pyrrole nitrogens is 1. The van der Waals surface area contributed by atoms with E-state index in [9.17, 15) is 9.90 Å². The van der Waals surface area contributed by atoms with Gasteiger partial charge in [-0.3, -0.25) is 9.89 Å². The predicted molar refractivity (Wildman–Crippen MR) is 161 cm³/mol. The lowest BCUT2D eigenvalue weighted by Crippen LogP contribution is -2.65. The first-order valence-electron chi connectivity index (χ1n) is 15.9. The van der Waals surface area contributed by atoms with Crippen LogP contribution in [0.5, 0.6) is 0 Å². The third kappa shape index (κ3) is 3.25. The zero-order valence-corrected chi connectivity index (χ0v) is 26.1. The van der Waals surface area contributed by atoms with Crippen LogP contribution in [0.1, 0.15) is 117 Å². The second kappa shape index (κ2) is 8.11. The molecule has 0 aliphatic heterocycles. The second-order valence-corrected chi connectivity index (χ2v) is 16.8. The van der Waals surface area contributed by atoms with Crippen molar-refractivity contribution in [3.05, 3.63) is 41.0 Å². The van der Waals surface area contributed by atoms with Crippen LogP contribution in [0.15, 0.2) is 28.6 Å². The second-order valence-electron chi connectivity index (χ2n) is 16.8. The van der Waals surface area contributed by atoms with Gasteiger partial charge in [-0.15, -0.1) is 0 Å². The molecule has 0 bridgehead atoms. The monoisotopic (exact) mass is 559 g/mol. The van der Waals surface area contributed by atoms with E-state index in [2.05, 4.69) is 59.6 Å². The summed E-state index contributed by atoms with van der Waals surface area (Å²) in [7, 11) is 0. The average Bonchev–Trinajstić information content (AvgIpc) is 3.54. The van der Waals surface area contributed by atoms with Gasteiger partial charge in [0, 0.05) is 16.5 Å². The van der Waals surface area contributed by atoms with Crippen molar-refractivity contribution in [2.75, 3.05) is 5.73 Å². The first-order valence-corrected chi connectivity index (χ1v) is 15.9. The molecule has 6 heteroatoms. The van der Waals surface area contributed by atoms with Crippen LogP contribution in [0.25, 0.3) is 5.57 Å². The summed E-state index contributed by atoms with van der Waals surface area (Å²) in [6.07, 6.45) is 12.3. The maximum absolute atomic E-state index is 13.2. The largest absolute Gasteiger partial charge is 0.481 e. The number of rotatable bonds is 2. The molecule has 7 rings (SSSR count). The molecule has 4 N–H and O–H groups in total. The van der Waals surface area contributed by atoms with E-state index in [0.717, 1.165) is 74.9 Å². The van der Waals surface area contributed by atoms with Crippen LogP contribution in [0.2, 0.25) is 0 Å². The van der Waals surface area contributed by atoms with Gasteiger partial charge >= 0.3 is 5.97 Å². The summed E-state index contributed by atoms with van der Waals surface area (Å²) in [4.78, 5) is 13.2. The van der Waals surface area contributed by atoms with Crippen molar-refractivity contribution in [3.63, 3.8) is 0 Å². The van der Waals surface area contributed by atoms with Gasteiger partial charge in [-0.25, -0.2) is 0 Å². The molecular formula is C35H49N3O3. The molecule has 2 aromatic heterocycles. The zero-order valence-electron chi connectivity index (χ0n) is 26.1. The van der Waals surface area contributed by atoms with Gasteiger partial charge in [-0.05, 0) is 109 Å². The van der Waals surface area contributed by atoms with Gasteiger partial charge in [-0.2, -0.15) is 5.10 Å². The first kappa shape index (κ1) is 27.3. The topological polar surface area (TPSA) is 105 Å². The smallest absolute Gasteiger partial charge is 0.310 e. The molecule has 5 aliphatic rings. The molecule has 2 aromatic rings. The molecular weight excluding hydrogens is 510 g/mol. The highest BCUT2D eigenvalue weighted by atomic mass is 16.4. The van der Waals surface area contributed by atoms with Crippen molar-refractivity contribution < 1.29 is 14.3 Å². The Morgan fingerprint density at radius 1 is 1.05 bits per heavy atom. The molecule has 0 aromatic carbocycles. The van der Waals surface area contributed by atoms with Gasteiger partial charge in [-0.1, -0.05) is 54.0 Å². The number of aromatic amines is 1. The van der Waals surface area contributed by atoms with Crippen LogP contribution in [-0.4, -0.2) is 21.3 Å². The van der Waals surface area contributed by atoms with Gasteiger partial charge < -0.3 is 15.3 Å². The van der Waals surface area contributed by atoms with Crippen molar-refractivity contribution in [2.45, 2.75) is 112 Å². The fourth-order valence-corrected chi connectivity index (χ4v) is 11.9. The quantitative estimate of drug-likeness (QED) is 0.346. The molecule has 3 saturated carbocycles. The summed E-state index contributed by atoms with van der Waals surface area (Å²) in [5, 5.41) is 18.7. The minimum absolute atomic E-state index is 0.0399. The van der Waals surface area contributed by atoms with Gasteiger partial charge in [0.2, 0.25) is 0 Å². The number of furan rings is 1. The Labute approximate surface area is 244 Å². The van der Waals surface area contributed by atoms with E-state index in [-0.39, 0.29) is 33.0 Å². The van der Waals surface area contributed by atoms with Crippen molar-refractivity contribution in [1.29, 1.82) is 0 Å². The van der Waals surface area contributed by atoms with E-state index in [0.29, 0.717) is 11.8 Å². The van der Waals surface area contributed by atoms with E-state index in [4.69, 9.17) is 15.2 Å². The summed E-state index contributed by atoms with van der Waals surface area (Å²) in [5.41, 5.74) is 12.3. The van der Waals surface area contributed by atoms with Crippen molar-refractivity contribution in [1.82, 2.24) is 10.2 Å². The Hall–Kier alpha value is -2.50. The van der Waals surface area contributed by atoms with Gasteiger partial charge in [0.1, 0.15) is 5.82 Å². The minimum Gasteiger partial charge on any atom is -0.481 e. The van der Waals surface area contributed by atoms with Crippen LogP contribution in [0.4, 0.5) is 5.82 Å². The molecule has 6 nitrogen and oxygen atoms in total. The molecule has 7 unspecified atom stereocenters. The normalized spacial score (nSPS) is 42.4. The number of fused-ring (bicyclic) bond motifs is 8. The third-order valence-electron chi connectivity index (χ3n) is 14.2. The van der Waals surface area contributed by atoms with Crippen molar-refractivity contribution in [3.8, 4) is 0 Å². The van der Waals surface area contributed by atoms with E-state index in [1.54, 1.807) is 6.26 Å². The molecule has 0 amide bonds. The molecule has 41 heavy (non-hydrogen) atoms. The lowest BCUT2D eigenvalue weighted by molar-refractivity contribution is -0.175. The number of hydrogen-bond donors (Lipinski definition) is 3. The Bertz CT molecular complexity index is 1450.